The smallest absolute Gasteiger partial charge is 0.352 e. The van der Waals surface area contributed by atoms with E-state index < -0.39 is 41.8 Å². The molecule has 0 aromatic carbocycles. The largest absolute Gasteiger partial charge is 0.477 e. The zero-order valence-electron chi connectivity index (χ0n) is 15.6. The second-order valence-corrected chi connectivity index (χ2v) is 7.91. The summed E-state index contributed by atoms with van der Waals surface area (Å²) in [6.45, 7) is 1.27. The number of nitrogens with zero attached hydrogens (tertiary/aromatic N) is 3. The second kappa shape index (κ2) is 9.13. The van der Waals surface area contributed by atoms with Crippen molar-refractivity contribution < 1.29 is 33.9 Å². The standard InChI is InChI=1S/C16H17N5O7S2/c1-2-27-9(22)5-28-20-10(7-6-30-16(17)18-7)12(23)19-11-13(24)21-8(15(25)26)3-4-29-14(11)21/h3,6,11,14H,2,4-5H2,1H3,(H2,17,18)(H,19,23)(H,25,26)/t11?,14-/m1/s1. The number of carbonyl (C=O) groups is 4. The van der Waals surface area contributed by atoms with Gasteiger partial charge in [0, 0.05) is 11.1 Å². The number of anilines is 1. The van der Waals surface area contributed by atoms with Crippen LogP contribution in [0.4, 0.5) is 5.13 Å². The molecule has 160 valence electrons. The summed E-state index contributed by atoms with van der Waals surface area (Å²) in [7, 11) is 0. The molecule has 1 saturated heterocycles. The molecular weight excluding hydrogens is 438 g/mol. The van der Waals surface area contributed by atoms with Crippen LogP contribution in [0.25, 0.3) is 0 Å². The van der Waals surface area contributed by atoms with Gasteiger partial charge < -0.3 is 25.7 Å². The molecule has 0 bridgehead atoms. The number of amides is 2. The van der Waals surface area contributed by atoms with Gasteiger partial charge in [0.25, 0.3) is 11.8 Å². The summed E-state index contributed by atoms with van der Waals surface area (Å²) in [6.07, 6.45) is 1.44. The van der Waals surface area contributed by atoms with Crippen LogP contribution in [0.5, 0.6) is 0 Å². The van der Waals surface area contributed by atoms with Crippen LogP contribution in [0.2, 0.25) is 0 Å². The molecule has 0 spiro atoms. The SMILES string of the molecule is CCOC(=O)CON=C(C(=O)NC1C(=O)N2C(C(=O)O)=CCS[C@H]12)c1csc(N)n1. The fraction of sp³-hybridized carbons (Fsp3) is 0.375. The first-order valence-electron chi connectivity index (χ1n) is 8.59. The molecule has 0 radical (unpaired) electrons. The van der Waals surface area contributed by atoms with Gasteiger partial charge in [0.05, 0.1) is 6.61 Å². The summed E-state index contributed by atoms with van der Waals surface area (Å²) in [5, 5.41) is 16.5. The number of nitrogens with two attached hydrogens (primary N) is 1. The van der Waals surface area contributed by atoms with Gasteiger partial charge in [0.2, 0.25) is 6.61 Å². The molecule has 1 unspecified atom stereocenters. The van der Waals surface area contributed by atoms with Crippen LogP contribution >= 0.6 is 23.1 Å². The molecule has 1 fully saturated rings. The lowest BCUT2D eigenvalue weighted by Gasteiger charge is -2.48. The van der Waals surface area contributed by atoms with Crippen LogP contribution in [0.3, 0.4) is 0 Å². The maximum atomic E-state index is 12.8. The van der Waals surface area contributed by atoms with Crippen LogP contribution in [-0.4, -0.2) is 74.8 Å². The van der Waals surface area contributed by atoms with E-state index in [2.05, 4.69) is 15.5 Å². The third-order valence-electron chi connectivity index (χ3n) is 3.98. The van der Waals surface area contributed by atoms with E-state index in [0.717, 1.165) is 16.2 Å². The fourth-order valence-corrected chi connectivity index (χ4v) is 4.44. The molecule has 2 atom stereocenters. The van der Waals surface area contributed by atoms with E-state index >= 15 is 0 Å². The van der Waals surface area contributed by atoms with Gasteiger partial charge in [-0.15, -0.1) is 23.1 Å². The number of aliphatic carboxylic acids is 1. The number of carboxylic acids is 1. The quantitative estimate of drug-likeness (QED) is 0.198. The summed E-state index contributed by atoms with van der Waals surface area (Å²) in [5.74, 6) is -2.84. The lowest BCUT2D eigenvalue weighted by Crippen LogP contribution is -2.70. The van der Waals surface area contributed by atoms with Crippen molar-refractivity contribution in [3.63, 3.8) is 0 Å². The van der Waals surface area contributed by atoms with Gasteiger partial charge in [-0.1, -0.05) is 5.16 Å². The number of hydrogen-bond donors (Lipinski definition) is 3. The zero-order chi connectivity index (χ0) is 21.8. The number of β-lactam (4-membered cyclic amide) rings is 1. The average molecular weight is 455 g/mol. The molecular formula is C16H17N5O7S2. The van der Waals surface area contributed by atoms with Crippen molar-refractivity contribution in [2.45, 2.75) is 18.3 Å². The van der Waals surface area contributed by atoms with Gasteiger partial charge in [-0.2, -0.15) is 0 Å². The van der Waals surface area contributed by atoms with Crippen LogP contribution in [0.1, 0.15) is 12.6 Å². The molecule has 12 nitrogen and oxygen atoms in total. The predicted molar refractivity (Wildman–Crippen MR) is 106 cm³/mol. The first kappa shape index (κ1) is 21.6. The Morgan fingerprint density at radius 1 is 1.47 bits per heavy atom. The lowest BCUT2D eigenvalue weighted by molar-refractivity contribution is -0.150. The molecule has 0 saturated carbocycles. The van der Waals surface area contributed by atoms with E-state index in [9.17, 15) is 24.3 Å². The lowest BCUT2D eigenvalue weighted by atomic mass is 10.0. The number of carbonyl (C=O) groups excluding carboxylic acids is 3. The molecule has 14 heteroatoms. The van der Waals surface area contributed by atoms with Gasteiger partial charge in [0.15, 0.2) is 10.8 Å². The van der Waals surface area contributed by atoms with E-state index in [0.29, 0.717) is 5.75 Å². The van der Waals surface area contributed by atoms with Gasteiger partial charge in [-0.05, 0) is 13.0 Å². The number of nitrogen functional groups attached to an aromatic ring is 1. The Bertz CT molecular complexity index is 944. The van der Waals surface area contributed by atoms with Crippen molar-refractivity contribution in [2.75, 3.05) is 24.7 Å². The Morgan fingerprint density at radius 3 is 2.87 bits per heavy atom. The number of carboxylic acid groups (broad SMARTS) is 1. The van der Waals surface area contributed by atoms with Crippen molar-refractivity contribution in [3.8, 4) is 0 Å². The minimum absolute atomic E-state index is 0.102. The third-order valence-corrected chi connectivity index (χ3v) is 5.83. The topological polar surface area (TPSA) is 174 Å². The van der Waals surface area contributed by atoms with E-state index in [1.807, 2.05) is 0 Å². The number of aromatic nitrogens is 1. The van der Waals surface area contributed by atoms with E-state index in [4.69, 9.17) is 15.3 Å². The highest BCUT2D eigenvalue weighted by molar-refractivity contribution is 8.00. The van der Waals surface area contributed by atoms with E-state index in [1.165, 1.54) is 23.2 Å². The molecule has 2 amide bonds. The Balaban J connectivity index is 1.73. The Hall–Kier alpha value is -3.13. The van der Waals surface area contributed by atoms with Crippen molar-refractivity contribution in [1.29, 1.82) is 0 Å². The highest BCUT2D eigenvalue weighted by atomic mass is 32.2. The third kappa shape index (κ3) is 4.38. The first-order chi connectivity index (χ1) is 14.3. The molecule has 3 heterocycles. The van der Waals surface area contributed by atoms with E-state index in [1.54, 1.807) is 6.92 Å². The number of hydrogen-bond acceptors (Lipinski definition) is 11. The summed E-state index contributed by atoms with van der Waals surface area (Å²) >= 11 is 2.38. The van der Waals surface area contributed by atoms with Gasteiger partial charge in [-0.3, -0.25) is 14.5 Å². The number of ether oxygens (including phenoxy) is 1. The maximum absolute atomic E-state index is 12.8. The van der Waals surface area contributed by atoms with Crippen molar-refractivity contribution in [2.24, 2.45) is 5.16 Å². The average Bonchev–Trinajstić information content (AvgIpc) is 3.14. The minimum Gasteiger partial charge on any atom is -0.477 e. The summed E-state index contributed by atoms with van der Waals surface area (Å²) < 4.78 is 4.71. The highest BCUT2D eigenvalue weighted by Crippen LogP contribution is 2.37. The normalized spacial score (nSPS) is 20.6. The van der Waals surface area contributed by atoms with Crippen LogP contribution < -0.4 is 11.1 Å². The maximum Gasteiger partial charge on any atom is 0.352 e. The number of thiazole rings is 1. The van der Waals surface area contributed by atoms with Crippen LogP contribution in [-0.2, 0) is 28.8 Å². The predicted octanol–water partition coefficient (Wildman–Crippen LogP) is -0.622. The molecule has 2 aliphatic rings. The second-order valence-electron chi connectivity index (χ2n) is 5.87. The number of thioether (sulfide) groups is 1. The first-order valence-corrected chi connectivity index (χ1v) is 10.5. The van der Waals surface area contributed by atoms with Gasteiger partial charge in [-0.25, -0.2) is 14.6 Å². The minimum atomic E-state index is -1.22. The number of nitrogens with one attached hydrogen (secondary N) is 1. The molecule has 1 aromatic heterocycles. The number of esters is 1. The van der Waals surface area contributed by atoms with E-state index in [-0.39, 0.29) is 28.8 Å². The number of fused-ring (bicyclic) bond motifs is 1. The molecule has 2 aliphatic heterocycles. The Morgan fingerprint density at radius 2 is 2.23 bits per heavy atom. The van der Waals surface area contributed by atoms with Crippen molar-refractivity contribution >= 4 is 57.7 Å². The van der Waals surface area contributed by atoms with Crippen LogP contribution in [0.15, 0.2) is 22.3 Å². The molecule has 1 aromatic rings. The molecule has 4 N–H and O–H groups in total. The fourth-order valence-electron chi connectivity index (χ4n) is 2.70. The number of rotatable bonds is 8. The van der Waals surface area contributed by atoms with Gasteiger partial charge in [0.1, 0.15) is 22.8 Å². The summed E-state index contributed by atoms with van der Waals surface area (Å²) in [6, 6.07) is -0.947. The summed E-state index contributed by atoms with van der Waals surface area (Å²) in [5.41, 5.74) is 5.30. The monoisotopic (exact) mass is 455 g/mol. The van der Waals surface area contributed by atoms with Crippen molar-refractivity contribution in [3.05, 3.63) is 22.8 Å². The number of oxime groups is 1. The Labute approximate surface area is 178 Å². The van der Waals surface area contributed by atoms with Crippen molar-refractivity contribution in [1.82, 2.24) is 15.2 Å². The summed E-state index contributed by atoms with van der Waals surface area (Å²) in [4.78, 5) is 57.9. The van der Waals surface area contributed by atoms with Crippen LogP contribution in [0, 0.1) is 0 Å². The Kier molecular flexibility index (Phi) is 6.56. The molecule has 0 aliphatic carbocycles. The highest BCUT2D eigenvalue weighted by Gasteiger charge is 2.53. The molecule has 30 heavy (non-hydrogen) atoms. The zero-order valence-corrected chi connectivity index (χ0v) is 17.2. The molecule has 3 rings (SSSR count). The van der Waals surface area contributed by atoms with Gasteiger partial charge >= 0.3 is 11.9 Å².